The second-order valence-corrected chi connectivity index (χ2v) is 5.31. The fraction of sp³-hybridized carbons (Fsp3) is 0.214. The van der Waals surface area contributed by atoms with E-state index < -0.39 is 0 Å². The average molecular weight is 324 g/mol. The van der Waals surface area contributed by atoms with E-state index in [-0.39, 0.29) is 11.9 Å². The Bertz CT molecular complexity index is 574. The monoisotopic (exact) mass is 323 g/mol. The molecule has 0 aliphatic heterocycles. The molecule has 1 heterocycles. The number of benzene rings is 1. The third kappa shape index (κ3) is 3.37. The number of rotatable bonds is 4. The molecule has 5 heteroatoms. The SMILES string of the molecule is Cc1ccncc1C(Cc1ccc(Br)cc1F)NN. The Balaban J connectivity index is 2.27. The maximum Gasteiger partial charge on any atom is 0.127 e. The van der Waals surface area contributed by atoms with E-state index in [1.807, 2.05) is 19.1 Å². The number of halogens is 2. The average Bonchev–Trinajstić information content (AvgIpc) is 2.39. The van der Waals surface area contributed by atoms with Crippen LogP contribution in [-0.4, -0.2) is 4.98 Å². The van der Waals surface area contributed by atoms with Crippen molar-refractivity contribution in [1.29, 1.82) is 0 Å². The van der Waals surface area contributed by atoms with Crippen molar-refractivity contribution in [3.05, 3.63) is 63.6 Å². The summed E-state index contributed by atoms with van der Waals surface area (Å²) in [7, 11) is 0. The number of pyridine rings is 1. The van der Waals surface area contributed by atoms with Crippen molar-refractivity contribution in [3.8, 4) is 0 Å². The number of nitrogens with two attached hydrogens (primary N) is 1. The zero-order valence-corrected chi connectivity index (χ0v) is 12.1. The first-order chi connectivity index (χ1) is 9.11. The van der Waals surface area contributed by atoms with Crippen LogP contribution in [0.5, 0.6) is 0 Å². The third-order valence-corrected chi connectivity index (χ3v) is 3.59. The topological polar surface area (TPSA) is 50.9 Å². The van der Waals surface area contributed by atoms with Gasteiger partial charge in [-0.1, -0.05) is 22.0 Å². The number of hydrogen-bond acceptors (Lipinski definition) is 3. The van der Waals surface area contributed by atoms with Gasteiger partial charge in [0.2, 0.25) is 0 Å². The fourth-order valence-electron chi connectivity index (χ4n) is 2.01. The second kappa shape index (κ2) is 6.23. The number of hydrogen-bond donors (Lipinski definition) is 2. The summed E-state index contributed by atoms with van der Waals surface area (Å²) in [5, 5.41) is 0. The maximum atomic E-state index is 13.8. The first kappa shape index (κ1) is 14.1. The molecule has 0 saturated carbocycles. The van der Waals surface area contributed by atoms with Crippen molar-refractivity contribution in [3.63, 3.8) is 0 Å². The molecule has 0 amide bonds. The normalized spacial score (nSPS) is 12.4. The number of nitrogens with one attached hydrogen (secondary N) is 1. The summed E-state index contributed by atoms with van der Waals surface area (Å²) in [6.45, 7) is 1.99. The summed E-state index contributed by atoms with van der Waals surface area (Å²) in [5.41, 5.74) is 5.41. The molecule has 2 rings (SSSR count). The van der Waals surface area contributed by atoms with Crippen LogP contribution in [0.1, 0.15) is 22.7 Å². The first-order valence-corrected chi connectivity index (χ1v) is 6.71. The minimum absolute atomic E-state index is 0.163. The van der Waals surface area contributed by atoms with Gasteiger partial charge in [-0.15, -0.1) is 0 Å². The minimum Gasteiger partial charge on any atom is -0.271 e. The first-order valence-electron chi connectivity index (χ1n) is 5.92. The van der Waals surface area contributed by atoms with Gasteiger partial charge in [-0.05, 0) is 48.2 Å². The van der Waals surface area contributed by atoms with Crippen molar-refractivity contribution in [2.45, 2.75) is 19.4 Å². The molecule has 3 N–H and O–H groups in total. The Morgan fingerprint density at radius 3 is 2.84 bits per heavy atom. The van der Waals surface area contributed by atoms with Gasteiger partial charge in [-0.25, -0.2) is 4.39 Å². The van der Waals surface area contributed by atoms with Gasteiger partial charge in [0, 0.05) is 16.9 Å². The minimum atomic E-state index is -0.240. The highest BCUT2D eigenvalue weighted by molar-refractivity contribution is 9.10. The Hall–Kier alpha value is -1.30. The van der Waals surface area contributed by atoms with Crippen molar-refractivity contribution in [2.75, 3.05) is 0 Å². The lowest BCUT2D eigenvalue weighted by Crippen LogP contribution is -2.30. The fourth-order valence-corrected chi connectivity index (χ4v) is 2.34. The van der Waals surface area contributed by atoms with E-state index >= 15 is 0 Å². The molecule has 0 saturated heterocycles. The van der Waals surface area contributed by atoms with E-state index in [0.29, 0.717) is 12.0 Å². The van der Waals surface area contributed by atoms with Crippen LogP contribution in [0.4, 0.5) is 4.39 Å². The van der Waals surface area contributed by atoms with Crippen LogP contribution in [0.25, 0.3) is 0 Å². The molecular weight excluding hydrogens is 309 g/mol. The highest BCUT2D eigenvalue weighted by atomic mass is 79.9. The zero-order valence-electron chi connectivity index (χ0n) is 10.5. The van der Waals surface area contributed by atoms with Crippen LogP contribution < -0.4 is 11.3 Å². The predicted octanol–water partition coefficient (Wildman–Crippen LogP) is 3.04. The van der Waals surface area contributed by atoms with Gasteiger partial charge in [0.25, 0.3) is 0 Å². The second-order valence-electron chi connectivity index (χ2n) is 4.39. The van der Waals surface area contributed by atoms with Crippen molar-refractivity contribution >= 4 is 15.9 Å². The van der Waals surface area contributed by atoms with Crippen LogP contribution >= 0.6 is 15.9 Å². The third-order valence-electron chi connectivity index (χ3n) is 3.10. The molecule has 0 bridgehead atoms. The van der Waals surface area contributed by atoms with E-state index in [1.54, 1.807) is 18.5 Å². The molecule has 0 fully saturated rings. The van der Waals surface area contributed by atoms with Gasteiger partial charge >= 0.3 is 0 Å². The van der Waals surface area contributed by atoms with Gasteiger partial charge in [0.1, 0.15) is 5.82 Å². The summed E-state index contributed by atoms with van der Waals surface area (Å²) in [6.07, 6.45) is 3.96. The molecule has 100 valence electrons. The molecule has 2 aromatic rings. The molecule has 19 heavy (non-hydrogen) atoms. The van der Waals surface area contributed by atoms with Gasteiger partial charge in [-0.2, -0.15) is 0 Å². The smallest absolute Gasteiger partial charge is 0.127 e. The number of hydrazine groups is 1. The van der Waals surface area contributed by atoms with E-state index in [1.165, 1.54) is 6.07 Å². The van der Waals surface area contributed by atoms with Crippen molar-refractivity contribution < 1.29 is 4.39 Å². The Labute approximate surface area is 120 Å². The molecule has 0 aliphatic rings. The summed E-state index contributed by atoms with van der Waals surface area (Å²) in [4.78, 5) is 4.10. The van der Waals surface area contributed by atoms with Crippen LogP contribution in [0, 0.1) is 12.7 Å². The van der Waals surface area contributed by atoms with Crippen LogP contribution in [-0.2, 0) is 6.42 Å². The summed E-state index contributed by atoms with van der Waals surface area (Å²) < 4.78 is 14.6. The standard InChI is InChI=1S/C14H15BrFN3/c1-9-4-5-18-8-12(9)14(19-17)6-10-2-3-11(15)7-13(10)16/h2-5,7-8,14,19H,6,17H2,1H3. The van der Waals surface area contributed by atoms with E-state index in [2.05, 4.69) is 26.3 Å². The van der Waals surface area contributed by atoms with E-state index in [0.717, 1.165) is 15.6 Å². The maximum absolute atomic E-state index is 13.8. The molecular formula is C14H15BrFN3. The molecule has 3 nitrogen and oxygen atoms in total. The molecule has 0 aliphatic carbocycles. The molecule has 1 aromatic carbocycles. The molecule has 0 radical (unpaired) electrons. The van der Waals surface area contributed by atoms with Gasteiger partial charge in [0.05, 0.1) is 6.04 Å². The Kier molecular flexibility index (Phi) is 4.63. The van der Waals surface area contributed by atoms with Gasteiger partial charge in [0.15, 0.2) is 0 Å². The quantitative estimate of drug-likeness (QED) is 0.671. The van der Waals surface area contributed by atoms with Crippen LogP contribution in [0.2, 0.25) is 0 Å². The zero-order chi connectivity index (χ0) is 13.8. The van der Waals surface area contributed by atoms with Gasteiger partial charge < -0.3 is 0 Å². The highest BCUT2D eigenvalue weighted by Crippen LogP contribution is 2.23. The number of aryl methyl sites for hydroxylation is 1. The molecule has 1 unspecified atom stereocenters. The van der Waals surface area contributed by atoms with Crippen LogP contribution in [0.15, 0.2) is 41.1 Å². The predicted molar refractivity (Wildman–Crippen MR) is 76.8 cm³/mol. The van der Waals surface area contributed by atoms with E-state index in [4.69, 9.17) is 5.84 Å². The highest BCUT2D eigenvalue weighted by Gasteiger charge is 2.15. The summed E-state index contributed by atoms with van der Waals surface area (Å²) in [5.74, 6) is 5.35. The van der Waals surface area contributed by atoms with Crippen molar-refractivity contribution in [2.24, 2.45) is 5.84 Å². The Morgan fingerprint density at radius 2 is 2.21 bits per heavy atom. The molecule has 1 aromatic heterocycles. The van der Waals surface area contributed by atoms with Gasteiger partial charge in [-0.3, -0.25) is 16.3 Å². The van der Waals surface area contributed by atoms with Crippen molar-refractivity contribution in [1.82, 2.24) is 10.4 Å². The lowest BCUT2D eigenvalue weighted by molar-refractivity contribution is 0.525. The van der Waals surface area contributed by atoms with E-state index in [9.17, 15) is 4.39 Å². The lowest BCUT2D eigenvalue weighted by Gasteiger charge is -2.18. The lowest BCUT2D eigenvalue weighted by atomic mass is 9.97. The molecule has 1 atom stereocenters. The van der Waals surface area contributed by atoms with Crippen LogP contribution in [0.3, 0.4) is 0 Å². The number of aromatic nitrogens is 1. The number of nitrogens with zero attached hydrogens (tertiary/aromatic N) is 1. The largest absolute Gasteiger partial charge is 0.271 e. The molecule has 0 spiro atoms. The summed E-state index contributed by atoms with van der Waals surface area (Å²) in [6, 6.07) is 6.79. The Morgan fingerprint density at radius 1 is 1.42 bits per heavy atom. The summed E-state index contributed by atoms with van der Waals surface area (Å²) >= 11 is 3.25.